The van der Waals surface area contributed by atoms with E-state index in [0.29, 0.717) is 17.5 Å². The van der Waals surface area contributed by atoms with Crippen LogP contribution in [0.25, 0.3) is 0 Å². The Bertz CT molecular complexity index is 606. The number of carbonyl (C=O) groups is 1. The molecule has 0 spiro atoms. The van der Waals surface area contributed by atoms with E-state index < -0.39 is 0 Å². The Morgan fingerprint density at radius 2 is 1.89 bits per heavy atom. The molecule has 0 saturated heterocycles. The molecule has 88 valence electrons. The van der Waals surface area contributed by atoms with Gasteiger partial charge in [-0.25, -0.2) is 0 Å². The Labute approximate surface area is 107 Å². The van der Waals surface area contributed by atoms with E-state index in [1.165, 1.54) is 0 Å². The van der Waals surface area contributed by atoms with E-state index in [9.17, 15) is 4.79 Å². The van der Waals surface area contributed by atoms with E-state index in [2.05, 4.69) is 0 Å². The summed E-state index contributed by atoms with van der Waals surface area (Å²) in [6.45, 7) is 2.01. The summed E-state index contributed by atoms with van der Waals surface area (Å²) in [7, 11) is 0. The van der Waals surface area contributed by atoms with E-state index in [-0.39, 0.29) is 5.78 Å². The summed E-state index contributed by atoms with van der Waals surface area (Å²) in [6.07, 6.45) is 0.396. The van der Waals surface area contributed by atoms with Crippen LogP contribution in [0.15, 0.2) is 48.5 Å². The molecule has 0 radical (unpaired) electrons. The van der Waals surface area contributed by atoms with Gasteiger partial charge in [-0.1, -0.05) is 42.0 Å². The van der Waals surface area contributed by atoms with Crippen molar-refractivity contribution < 1.29 is 4.79 Å². The lowest BCUT2D eigenvalue weighted by atomic mass is 10.0. The summed E-state index contributed by atoms with van der Waals surface area (Å²) in [5.74, 6) is 0.0742. The van der Waals surface area contributed by atoms with E-state index in [0.717, 1.165) is 11.1 Å². The summed E-state index contributed by atoms with van der Waals surface area (Å²) in [5.41, 5.74) is 3.39. The van der Waals surface area contributed by atoms with Crippen molar-refractivity contribution in [3.8, 4) is 6.07 Å². The van der Waals surface area contributed by atoms with Gasteiger partial charge in [0.1, 0.15) is 0 Å². The van der Waals surface area contributed by atoms with Crippen molar-refractivity contribution in [2.24, 2.45) is 0 Å². The average molecular weight is 235 g/mol. The molecule has 2 rings (SSSR count). The number of hydrogen-bond acceptors (Lipinski definition) is 2. The fourth-order valence-electron chi connectivity index (χ4n) is 1.84. The highest BCUT2D eigenvalue weighted by Gasteiger charge is 2.07. The van der Waals surface area contributed by atoms with Gasteiger partial charge >= 0.3 is 0 Å². The lowest BCUT2D eigenvalue weighted by molar-refractivity contribution is 0.0993. The zero-order chi connectivity index (χ0) is 13.0. The van der Waals surface area contributed by atoms with Crippen molar-refractivity contribution in [1.82, 2.24) is 0 Å². The summed E-state index contributed by atoms with van der Waals surface area (Å²) in [6, 6.07) is 16.7. The second-order valence-electron chi connectivity index (χ2n) is 4.28. The van der Waals surface area contributed by atoms with Crippen LogP contribution in [0.3, 0.4) is 0 Å². The molecule has 0 N–H and O–H groups in total. The predicted molar refractivity (Wildman–Crippen MR) is 70.4 cm³/mol. The SMILES string of the molecule is Cc1cccc(CC(=O)c2ccc(C#N)cc2)c1. The van der Waals surface area contributed by atoms with E-state index >= 15 is 0 Å². The third-order valence-corrected chi connectivity index (χ3v) is 2.78. The topological polar surface area (TPSA) is 40.9 Å². The van der Waals surface area contributed by atoms with E-state index in [4.69, 9.17) is 5.26 Å². The molecular weight excluding hydrogens is 222 g/mol. The van der Waals surface area contributed by atoms with Gasteiger partial charge in [0, 0.05) is 12.0 Å². The van der Waals surface area contributed by atoms with Gasteiger partial charge in [0.25, 0.3) is 0 Å². The zero-order valence-electron chi connectivity index (χ0n) is 10.2. The van der Waals surface area contributed by atoms with Crippen molar-refractivity contribution in [2.45, 2.75) is 13.3 Å². The van der Waals surface area contributed by atoms with Gasteiger partial charge in [-0.3, -0.25) is 4.79 Å². The molecule has 0 saturated carbocycles. The van der Waals surface area contributed by atoms with Gasteiger partial charge in [0.05, 0.1) is 11.6 Å². The van der Waals surface area contributed by atoms with Crippen LogP contribution in [0.1, 0.15) is 27.0 Å². The molecule has 0 unspecified atom stereocenters. The fourth-order valence-corrected chi connectivity index (χ4v) is 1.84. The largest absolute Gasteiger partial charge is 0.294 e. The Morgan fingerprint density at radius 1 is 1.17 bits per heavy atom. The lowest BCUT2D eigenvalue weighted by Crippen LogP contribution is -2.03. The van der Waals surface area contributed by atoms with Crippen molar-refractivity contribution in [2.75, 3.05) is 0 Å². The molecule has 0 aliphatic heterocycles. The average Bonchev–Trinajstić information content (AvgIpc) is 2.39. The zero-order valence-corrected chi connectivity index (χ0v) is 10.2. The van der Waals surface area contributed by atoms with Gasteiger partial charge in [0.2, 0.25) is 0 Å². The standard InChI is InChI=1S/C16H13NO/c1-12-3-2-4-14(9-12)10-16(18)15-7-5-13(11-17)6-8-15/h2-9H,10H2,1H3. The van der Waals surface area contributed by atoms with Crippen molar-refractivity contribution in [3.05, 3.63) is 70.8 Å². The quantitative estimate of drug-likeness (QED) is 0.766. The normalized spacial score (nSPS) is 9.78. The van der Waals surface area contributed by atoms with Crippen LogP contribution >= 0.6 is 0 Å². The van der Waals surface area contributed by atoms with E-state index in [1.54, 1.807) is 24.3 Å². The third kappa shape index (κ3) is 2.83. The van der Waals surface area contributed by atoms with Gasteiger partial charge in [-0.15, -0.1) is 0 Å². The molecule has 2 aromatic rings. The number of nitrogens with zero attached hydrogens (tertiary/aromatic N) is 1. The first-order valence-corrected chi connectivity index (χ1v) is 5.78. The molecule has 0 aliphatic carbocycles. The highest BCUT2D eigenvalue weighted by Crippen LogP contribution is 2.10. The van der Waals surface area contributed by atoms with Gasteiger partial charge in [-0.2, -0.15) is 5.26 Å². The number of aryl methyl sites for hydroxylation is 1. The minimum Gasteiger partial charge on any atom is -0.294 e. The molecule has 2 heteroatoms. The molecule has 0 atom stereocenters. The van der Waals surface area contributed by atoms with Crippen LogP contribution < -0.4 is 0 Å². The van der Waals surface area contributed by atoms with Crippen LogP contribution in [0.2, 0.25) is 0 Å². The van der Waals surface area contributed by atoms with E-state index in [1.807, 2.05) is 37.3 Å². The fraction of sp³-hybridized carbons (Fsp3) is 0.125. The number of Topliss-reactive ketones (excluding diaryl/α,β-unsaturated/α-hetero) is 1. The monoisotopic (exact) mass is 235 g/mol. The molecule has 0 amide bonds. The van der Waals surface area contributed by atoms with Crippen molar-refractivity contribution >= 4 is 5.78 Å². The summed E-state index contributed by atoms with van der Waals surface area (Å²) in [5, 5.41) is 8.70. The Balaban J connectivity index is 2.14. The maximum absolute atomic E-state index is 12.0. The highest BCUT2D eigenvalue weighted by molar-refractivity contribution is 5.97. The number of nitriles is 1. The minimum absolute atomic E-state index is 0.0742. The molecule has 0 heterocycles. The van der Waals surface area contributed by atoms with Gasteiger partial charge in [0.15, 0.2) is 5.78 Å². The molecule has 0 aliphatic rings. The van der Waals surface area contributed by atoms with Crippen LogP contribution in [0.5, 0.6) is 0 Å². The smallest absolute Gasteiger partial charge is 0.167 e. The molecule has 0 fully saturated rings. The number of hydrogen-bond donors (Lipinski definition) is 0. The lowest BCUT2D eigenvalue weighted by Gasteiger charge is -2.02. The maximum Gasteiger partial charge on any atom is 0.167 e. The first-order chi connectivity index (χ1) is 8.69. The number of rotatable bonds is 3. The molecule has 2 aromatic carbocycles. The van der Waals surface area contributed by atoms with Gasteiger partial charge in [-0.05, 0) is 24.6 Å². The summed E-state index contributed by atoms with van der Waals surface area (Å²) < 4.78 is 0. The number of ketones is 1. The first kappa shape index (κ1) is 12.1. The molecular formula is C16H13NO. The summed E-state index contributed by atoms with van der Waals surface area (Å²) in [4.78, 5) is 12.0. The Morgan fingerprint density at radius 3 is 2.50 bits per heavy atom. The molecule has 2 nitrogen and oxygen atoms in total. The third-order valence-electron chi connectivity index (χ3n) is 2.78. The first-order valence-electron chi connectivity index (χ1n) is 5.78. The molecule has 18 heavy (non-hydrogen) atoms. The maximum atomic E-state index is 12.0. The molecule has 0 aromatic heterocycles. The summed E-state index contributed by atoms with van der Waals surface area (Å²) >= 11 is 0. The predicted octanol–water partition coefficient (Wildman–Crippen LogP) is 3.29. The highest BCUT2D eigenvalue weighted by atomic mass is 16.1. The second kappa shape index (κ2) is 5.29. The Hall–Kier alpha value is -2.40. The van der Waals surface area contributed by atoms with Crippen molar-refractivity contribution in [1.29, 1.82) is 5.26 Å². The van der Waals surface area contributed by atoms with Crippen LogP contribution in [-0.4, -0.2) is 5.78 Å². The minimum atomic E-state index is 0.0742. The van der Waals surface area contributed by atoms with Gasteiger partial charge < -0.3 is 0 Å². The Kier molecular flexibility index (Phi) is 3.54. The van der Waals surface area contributed by atoms with Crippen LogP contribution in [-0.2, 0) is 6.42 Å². The van der Waals surface area contributed by atoms with Crippen molar-refractivity contribution in [3.63, 3.8) is 0 Å². The van der Waals surface area contributed by atoms with Crippen LogP contribution in [0.4, 0.5) is 0 Å². The number of benzene rings is 2. The molecule has 0 bridgehead atoms. The number of carbonyl (C=O) groups excluding carboxylic acids is 1. The second-order valence-corrected chi connectivity index (χ2v) is 4.28. The van der Waals surface area contributed by atoms with Crippen LogP contribution in [0, 0.1) is 18.3 Å².